The van der Waals surface area contributed by atoms with Gasteiger partial charge in [0.25, 0.3) is 0 Å². The van der Waals surface area contributed by atoms with E-state index in [1.54, 1.807) is 25.1 Å². The first kappa shape index (κ1) is 15.2. The van der Waals surface area contributed by atoms with Crippen LogP contribution in [0.25, 0.3) is 0 Å². The van der Waals surface area contributed by atoms with E-state index >= 15 is 0 Å². The van der Waals surface area contributed by atoms with Crippen molar-refractivity contribution in [3.8, 4) is 0 Å². The molecule has 2 unspecified atom stereocenters. The summed E-state index contributed by atoms with van der Waals surface area (Å²) in [6.07, 6.45) is 0. The summed E-state index contributed by atoms with van der Waals surface area (Å²) in [6, 6.07) is 4.50. The molecule has 0 fully saturated rings. The number of aryl methyl sites for hydroxylation is 1. The van der Waals surface area contributed by atoms with Crippen LogP contribution in [0.4, 0.5) is 10.5 Å². The van der Waals surface area contributed by atoms with Crippen molar-refractivity contribution in [2.75, 3.05) is 12.8 Å². The number of hydrogen-bond donors (Lipinski definition) is 3. The van der Waals surface area contributed by atoms with Gasteiger partial charge in [-0.15, -0.1) is 0 Å². The van der Waals surface area contributed by atoms with Crippen molar-refractivity contribution < 1.29 is 13.8 Å². The molecule has 0 radical (unpaired) electrons. The van der Waals surface area contributed by atoms with Crippen molar-refractivity contribution in [1.82, 2.24) is 10.6 Å². The predicted molar refractivity (Wildman–Crippen MR) is 74.1 cm³/mol. The van der Waals surface area contributed by atoms with Crippen LogP contribution in [0.2, 0.25) is 0 Å². The molecule has 4 N–H and O–H groups in total. The van der Waals surface area contributed by atoms with Gasteiger partial charge in [-0.2, -0.15) is 0 Å². The zero-order chi connectivity index (χ0) is 14.6. The maximum Gasteiger partial charge on any atom is 0.321 e. The fourth-order valence-corrected chi connectivity index (χ4v) is 2.62. The maximum atomic E-state index is 12.3. The molecule has 1 aromatic rings. The molecule has 104 valence electrons. The molecule has 0 saturated carbocycles. The Hall–Kier alpha value is -1.89. The number of carbonyl (C=O) groups excluding carboxylic acids is 2. The number of para-hydroxylation sites is 1. The summed E-state index contributed by atoms with van der Waals surface area (Å²) in [7, 11) is -0.224. The number of nitrogens with one attached hydrogen (secondary N) is 2. The van der Waals surface area contributed by atoms with Gasteiger partial charge in [0.2, 0.25) is 5.91 Å². The zero-order valence-corrected chi connectivity index (χ0v) is 11.8. The molecule has 0 aliphatic rings. The van der Waals surface area contributed by atoms with Gasteiger partial charge in [0.1, 0.15) is 5.25 Å². The minimum Gasteiger partial charge on any atom is -0.398 e. The first-order valence-electron chi connectivity index (χ1n) is 5.66. The number of rotatable bonds is 3. The number of hydrogen-bond acceptors (Lipinski definition) is 4. The summed E-state index contributed by atoms with van der Waals surface area (Å²) < 4.78 is 12.3. The van der Waals surface area contributed by atoms with E-state index in [0.29, 0.717) is 10.6 Å². The summed E-state index contributed by atoms with van der Waals surface area (Å²) >= 11 is 0. The van der Waals surface area contributed by atoms with Gasteiger partial charge in [-0.25, -0.2) is 4.79 Å². The molecule has 1 rings (SSSR count). The molecule has 0 aromatic heterocycles. The second-order valence-electron chi connectivity index (χ2n) is 3.99. The predicted octanol–water partition coefficient (Wildman–Crippen LogP) is 0.529. The first-order chi connectivity index (χ1) is 8.88. The summed E-state index contributed by atoms with van der Waals surface area (Å²) in [4.78, 5) is 23.2. The molecule has 0 aliphatic carbocycles. The average Bonchev–Trinajstić information content (AvgIpc) is 2.39. The van der Waals surface area contributed by atoms with Crippen LogP contribution in [-0.4, -0.2) is 28.4 Å². The van der Waals surface area contributed by atoms with E-state index < -0.39 is 28.0 Å². The molecule has 19 heavy (non-hydrogen) atoms. The average molecular weight is 283 g/mol. The lowest BCUT2D eigenvalue weighted by molar-refractivity contribution is -0.119. The Labute approximate surface area is 114 Å². The third-order valence-corrected chi connectivity index (χ3v) is 4.30. The van der Waals surface area contributed by atoms with Crippen LogP contribution in [0.15, 0.2) is 23.1 Å². The van der Waals surface area contributed by atoms with Gasteiger partial charge >= 0.3 is 6.03 Å². The minimum atomic E-state index is -1.62. The van der Waals surface area contributed by atoms with E-state index in [-0.39, 0.29) is 0 Å². The Kier molecular flexibility index (Phi) is 5.05. The van der Waals surface area contributed by atoms with Crippen molar-refractivity contribution in [3.05, 3.63) is 23.8 Å². The third-order valence-electron chi connectivity index (χ3n) is 2.66. The molecule has 0 bridgehead atoms. The van der Waals surface area contributed by atoms with Crippen LogP contribution >= 0.6 is 0 Å². The standard InChI is InChI=1S/C12H17N3O3S/c1-7-5-4-6-9(10(7)13)19(18)8(2)11(16)15-12(17)14-3/h4-6,8H,13H2,1-3H3,(H2,14,15,16,17). The van der Waals surface area contributed by atoms with Crippen LogP contribution < -0.4 is 16.4 Å². The van der Waals surface area contributed by atoms with Gasteiger partial charge in [-0.05, 0) is 25.5 Å². The smallest absolute Gasteiger partial charge is 0.321 e. The first-order valence-corrected chi connectivity index (χ1v) is 6.88. The Morgan fingerprint density at radius 3 is 2.58 bits per heavy atom. The Morgan fingerprint density at radius 2 is 2.00 bits per heavy atom. The lowest BCUT2D eigenvalue weighted by Gasteiger charge is -2.13. The lowest BCUT2D eigenvalue weighted by Crippen LogP contribution is -2.43. The molecular formula is C12H17N3O3S. The van der Waals surface area contributed by atoms with E-state index in [4.69, 9.17) is 5.73 Å². The highest BCUT2D eigenvalue weighted by molar-refractivity contribution is 7.86. The highest BCUT2D eigenvalue weighted by atomic mass is 32.2. The van der Waals surface area contributed by atoms with Crippen LogP contribution in [0.3, 0.4) is 0 Å². The summed E-state index contributed by atoms with van der Waals surface area (Å²) in [5.74, 6) is -0.612. The van der Waals surface area contributed by atoms with Crippen molar-refractivity contribution >= 4 is 28.4 Å². The molecular weight excluding hydrogens is 266 g/mol. The van der Waals surface area contributed by atoms with E-state index in [9.17, 15) is 13.8 Å². The van der Waals surface area contributed by atoms with Crippen LogP contribution in [0, 0.1) is 6.92 Å². The molecule has 6 nitrogen and oxygen atoms in total. The maximum absolute atomic E-state index is 12.3. The number of imide groups is 1. The Morgan fingerprint density at radius 1 is 1.37 bits per heavy atom. The van der Waals surface area contributed by atoms with Gasteiger partial charge in [0.05, 0.1) is 21.4 Å². The van der Waals surface area contributed by atoms with E-state index in [1.165, 1.54) is 14.0 Å². The quantitative estimate of drug-likeness (QED) is 0.704. The van der Waals surface area contributed by atoms with Crippen molar-refractivity contribution in [3.63, 3.8) is 0 Å². The second kappa shape index (κ2) is 6.33. The normalized spacial score (nSPS) is 13.4. The van der Waals surface area contributed by atoms with E-state index in [2.05, 4.69) is 10.6 Å². The number of nitrogen functional groups attached to an aromatic ring is 1. The fraction of sp³-hybridized carbons (Fsp3) is 0.333. The Bertz CT molecular complexity index is 531. The van der Waals surface area contributed by atoms with Crippen LogP contribution in [0.5, 0.6) is 0 Å². The number of benzene rings is 1. The van der Waals surface area contributed by atoms with Crippen LogP contribution in [-0.2, 0) is 15.6 Å². The van der Waals surface area contributed by atoms with Gasteiger partial charge in [0, 0.05) is 7.05 Å². The highest BCUT2D eigenvalue weighted by Crippen LogP contribution is 2.22. The zero-order valence-electron chi connectivity index (χ0n) is 11.0. The number of nitrogens with two attached hydrogens (primary N) is 1. The number of carbonyl (C=O) groups is 2. The molecule has 0 spiro atoms. The largest absolute Gasteiger partial charge is 0.398 e. The molecule has 3 amide bonds. The SMILES string of the molecule is CNC(=O)NC(=O)C(C)S(=O)c1cccc(C)c1N. The van der Waals surface area contributed by atoms with Gasteiger partial charge in [0.15, 0.2) is 0 Å². The third kappa shape index (κ3) is 3.54. The monoisotopic (exact) mass is 283 g/mol. The minimum absolute atomic E-state index is 0.402. The van der Waals surface area contributed by atoms with Crippen molar-refractivity contribution in [2.24, 2.45) is 0 Å². The molecule has 0 saturated heterocycles. The summed E-state index contributed by atoms with van der Waals surface area (Å²) in [5.41, 5.74) is 7.04. The number of urea groups is 1. The van der Waals surface area contributed by atoms with Gasteiger partial charge in [-0.1, -0.05) is 12.1 Å². The number of amides is 3. The summed E-state index contributed by atoms with van der Waals surface area (Å²) in [5, 5.41) is 3.47. The Balaban J connectivity index is 2.91. The highest BCUT2D eigenvalue weighted by Gasteiger charge is 2.24. The number of anilines is 1. The van der Waals surface area contributed by atoms with Crippen molar-refractivity contribution in [1.29, 1.82) is 0 Å². The molecule has 2 atom stereocenters. The van der Waals surface area contributed by atoms with Gasteiger partial charge in [-0.3, -0.25) is 14.3 Å². The van der Waals surface area contributed by atoms with Gasteiger partial charge < -0.3 is 11.1 Å². The molecule has 0 heterocycles. The van der Waals surface area contributed by atoms with Crippen LogP contribution in [0.1, 0.15) is 12.5 Å². The van der Waals surface area contributed by atoms with E-state index in [0.717, 1.165) is 5.56 Å². The molecule has 7 heteroatoms. The lowest BCUT2D eigenvalue weighted by atomic mass is 10.2. The summed E-state index contributed by atoms with van der Waals surface area (Å²) in [6.45, 7) is 3.28. The van der Waals surface area contributed by atoms with E-state index in [1.807, 2.05) is 0 Å². The topological polar surface area (TPSA) is 101 Å². The van der Waals surface area contributed by atoms with Crippen molar-refractivity contribution in [2.45, 2.75) is 24.0 Å². The second-order valence-corrected chi connectivity index (χ2v) is 5.74. The molecule has 1 aromatic carbocycles. The molecule has 0 aliphatic heterocycles. The fourth-order valence-electron chi connectivity index (χ4n) is 1.39.